The minimum atomic E-state index is -0.867. The topological polar surface area (TPSA) is 92.6 Å². The number of aliphatic hydroxyl groups excluding tert-OH is 1. The van der Waals surface area contributed by atoms with E-state index in [0.29, 0.717) is 5.56 Å². The molecule has 1 amide bonds. The Kier molecular flexibility index (Phi) is 5.44. The van der Waals surface area contributed by atoms with Crippen molar-refractivity contribution in [3.63, 3.8) is 0 Å². The lowest BCUT2D eigenvalue weighted by atomic mass is 9.95. The van der Waals surface area contributed by atoms with Gasteiger partial charge >= 0.3 is 0 Å². The number of halogens is 1. The summed E-state index contributed by atoms with van der Waals surface area (Å²) < 4.78 is 19.1. The Bertz CT molecular complexity index is 1170. The number of likely N-dealkylation sites (tertiary alicyclic amines) is 1. The second-order valence-corrected chi connectivity index (χ2v) is 6.92. The number of nitrogens with zero attached hydrogens (tertiary/aromatic N) is 3. The molecule has 2 aromatic heterocycles. The van der Waals surface area contributed by atoms with Crippen molar-refractivity contribution < 1.29 is 23.8 Å². The number of aromatic nitrogens is 2. The number of pyridine rings is 2. The molecule has 1 aliphatic rings. The van der Waals surface area contributed by atoms with Crippen LogP contribution in [0.15, 0.2) is 72.8 Å². The number of ether oxygens (including phenoxy) is 1. The molecule has 0 spiro atoms. The highest BCUT2D eigenvalue weighted by atomic mass is 19.1. The molecule has 156 valence electrons. The highest BCUT2D eigenvalue weighted by molar-refractivity contribution is 6.46. The van der Waals surface area contributed by atoms with Crippen LogP contribution in [-0.2, 0) is 16.1 Å². The van der Waals surface area contributed by atoms with Crippen LogP contribution in [0.2, 0.25) is 0 Å². The molecule has 7 nitrogen and oxygen atoms in total. The molecule has 0 bridgehead atoms. The van der Waals surface area contributed by atoms with Crippen molar-refractivity contribution in [1.82, 2.24) is 14.9 Å². The van der Waals surface area contributed by atoms with Gasteiger partial charge in [0.05, 0.1) is 18.7 Å². The van der Waals surface area contributed by atoms with E-state index >= 15 is 0 Å². The monoisotopic (exact) mass is 419 g/mol. The number of aliphatic hydroxyl groups is 1. The molecule has 1 atom stereocenters. The maximum absolute atomic E-state index is 14.2. The van der Waals surface area contributed by atoms with Gasteiger partial charge in [-0.1, -0.05) is 6.07 Å². The van der Waals surface area contributed by atoms with Gasteiger partial charge in [-0.3, -0.25) is 19.6 Å². The van der Waals surface area contributed by atoms with Crippen LogP contribution in [0.5, 0.6) is 5.75 Å². The third-order valence-electron chi connectivity index (χ3n) is 5.06. The van der Waals surface area contributed by atoms with Gasteiger partial charge in [0, 0.05) is 36.9 Å². The molecule has 0 saturated carbocycles. The number of Topliss-reactive ketones (excluding diaryl/α,β-unsaturated/α-hetero) is 1. The molecule has 8 heteroatoms. The summed E-state index contributed by atoms with van der Waals surface area (Å²) in [5.41, 5.74) is 1.26. The first-order chi connectivity index (χ1) is 15.0. The van der Waals surface area contributed by atoms with Gasteiger partial charge in [0.15, 0.2) is 11.6 Å². The highest BCUT2D eigenvalue weighted by Crippen LogP contribution is 2.40. The number of rotatable bonds is 5. The first-order valence-corrected chi connectivity index (χ1v) is 9.42. The van der Waals surface area contributed by atoms with E-state index in [-0.39, 0.29) is 23.4 Å². The van der Waals surface area contributed by atoms with Gasteiger partial charge in [-0.25, -0.2) is 4.39 Å². The number of hydrogen-bond donors (Lipinski definition) is 1. The second-order valence-electron chi connectivity index (χ2n) is 6.92. The Labute approximate surface area is 177 Å². The number of carbonyl (C=O) groups is 2. The Morgan fingerprint density at radius 2 is 1.90 bits per heavy atom. The number of ketones is 1. The summed E-state index contributed by atoms with van der Waals surface area (Å²) in [6, 6.07) is 9.80. The minimum Gasteiger partial charge on any atom is -0.507 e. The van der Waals surface area contributed by atoms with Crippen molar-refractivity contribution in [3.05, 3.63) is 95.3 Å². The average Bonchev–Trinajstić information content (AvgIpc) is 3.04. The Hall–Kier alpha value is -4.07. The zero-order valence-corrected chi connectivity index (χ0v) is 16.5. The van der Waals surface area contributed by atoms with E-state index in [1.807, 2.05) is 0 Å². The Morgan fingerprint density at radius 3 is 2.55 bits per heavy atom. The van der Waals surface area contributed by atoms with Crippen LogP contribution in [0, 0.1) is 5.82 Å². The minimum absolute atomic E-state index is 0.000683. The molecule has 1 N–H and O–H groups in total. The molecule has 1 saturated heterocycles. The van der Waals surface area contributed by atoms with Gasteiger partial charge in [0.1, 0.15) is 5.76 Å². The molecule has 31 heavy (non-hydrogen) atoms. The molecular weight excluding hydrogens is 401 g/mol. The van der Waals surface area contributed by atoms with Crippen LogP contribution < -0.4 is 4.74 Å². The van der Waals surface area contributed by atoms with E-state index in [4.69, 9.17) is 4.74 Å². The summed E-state index contributed by atoms with van der Waals surface area (Å²) in [5.74, 6) is -2.77. The summed E-state index contributed by atoms with van der Waals surface area (Å²) in [7, 11) is 1.32. The summed E-state index contributed by atoms with van der Waals surface area (Å²) >= 11 is 0. The molecule has 3 aromatic rings. The van der Waals surface area contributed by atoms with Gasteiger partial charge < -0.3 is 14.7 Å². The maximum Gasteiger partial charge on any atom is 0.295 e. The van der Waals surface area contributed by atoms with E-state index in [1.54, 1.807) is 36.7 Å². The van der Waals surface area contributed by atoms with Crippen LogP contribution in [0.3, 0.4) is 0 Å². The van der Waals surface area contributed by atoms with Gasteiger partial charge in [0.2, 0.25) is 0 Å². The number of methoxy groups -OCH3 is 1. The van der Waals surface area contributed by atoms with E-state index in [2.05, 4.69) is 9.97 Å². The van der Waals surface area contributed by atoms with Crippen LogP contribution in [0.25, 0.3) is 5.76 Å². The third-order valence-corrected chi connectivity index (χ3v) is 5.06. The fourth-order valence-electron chi connectivity index (χ4n) is 3.59. The van der Waals surface area contributed by atoms with Crippen molar-refractivity contribution >= 4 is 17.4 Å². The summed E-state index contributed by atoms with van der Waals surface area (Å²) in [5, 5.41) is 11.0. The van der Waals surface area contributed by atoms with E-state index in [9.17, 15) is 19.1 Å². The normalized spacial score (nSPS) is 17.7. The number of carbonyl (C=O) groups excluding carboxylic acids is 2. The molecule has 1 aliphatic heterocycles. The fourth-order valence-corrected chi connectivity index (χ4v) is 3.59. The number of amides is 1. The van der Waals surface area contributed by atoms with Gasteiger partial charge in [-0.15, -0.1) is 0 Å². The molecule has 0 unspecified atom stereocenters. The maximum atomic E-state index is 14.2. The standard InChI is InChI=1S/C23H18FN3O4/c1-31-18-5-4-16(11-17(18)24)21(28)19-20(15-6-9-25-10-7-15)27(23(30)22(19)29)13-14-3-2-8-26-12-14/h2-12,20,28H,13H2,1H3/t20-/m1/s1. The predicted octanol–water partition coefficient (Wildman–Crippen LogP) is 3.25. The zero-order valence-electron chi connectivity index (χ0n) is 16.5. The summed E-state index contributed by atoms with van der Waals surface area (Å²) in [6.45, 7) is 0.110. The second kappa shape index (κ2) is 8.35. The van der Waals surface area contributed by atoms with E-state index in [1.165, 1.54) is 36.5 Å². The Balaban J connectivity index is 1.85. The SMILES string of the molecule is COc1ccc(C(O)=C2C(=O)C(=O)N(Cc3cccnc3)[C@@H]2c2ccncc2)cc1F. The average molecular weight is 419 g/mol. The van der Waals surface area contributed by atoms with E-state index < -0.39 is 29.3 Å². The molecular formula is C23H18FN3O4. The number of benzene rings is 1. The van der Waals surface area contributed by atoms with Gasteiger partial charge in [-0.2, -0.15) is 0 Å². The van der Waals surface area contributed by atoms with Crippen LogP contribution in [-0.4, -0.2) is 38.8 Å². The van der Waals surface area contributed by atoms with Crippen LogP contribution in [0.4, 0.5) is 4.39 Å². The van der Waals surface area contributed by atoms with Crippen LogP contribution in [0.1, 0.15) is 22.7 Å². The largest absolute Gasteiger partial charge is 0.507 e. The first kappa shape index (κ1) is 20.2. The summed E-state index contributed by atoms with van der Waals surface area (Å²) in [4.78, 5) is 35.3. The van der Waals surface area contributed by atoms with E-state index in [0.717, 1.165) is 11.6 Å². The van der Waals surface area contributed by atoms with Crippen molar-refractivity contribution in [2.24, 2.45) is 0 Å². The highest BCUT2D eigenvalue weighted by Gasteiger charge is 2.46. The molecule has 0 aliphatic carbocycles. The summed E-state index contributed by atoms with van der Waals surface area (Å²) in [6.07, 6.45) is 6.27. The molecule has 1 fully saturated rings. The molecule has 0 radical (unpaired) electrons. The molecule has 1 aromatic carbocycles. The molecule has 3 heterocycles. The van der Waals surface area contributed by atoms with Crippen molar-refractivity contribution in [2.75, 3.05) is 7.11 Å². The van der Waals surface area contributed by atoms with Crippen molar-refractivity contribution in [3.8, 4) is 5.75 Å². The smallest absolute Gasteiger partial charge is 0.295 e. The Morgan fingerprint density at radius 1 is 1.13 bits per heavy atom. The number of hydrogen-bond acceptors (Lipinski definition) is 6. The lowest BCUT2D eigenvalue weighted by Crippen LogP contribution is -2.29. The zero-order chi connectivity index (χ0) is 22.0. The molecule has 4 rings (SSSR count). The lowest BCUT2D eigenvalue weighted by Gasteiger charge is -2.25. The van der Waals surface area contributed by atoms with Gasteiger partial charge in [0.25, 0.3) is 11.7 Å². The van der Waals surface area contributed by atoms with Crippen molar-refractivity contribution in [1.29, 1.82) is 0 Å². The quantitative estimate of drug-likeness (QED) is 0.388. The first-order valence-electron chi connectivity index (χ1n) is 9.42. The van der Waals surface area contributed by atoms with Crippen molar-refractivity contribution in [2.45, 2.75) is 12.6 Å². The third kappa shape index (κ3) is 3.75. The fraction of sp³-hybridized carbons (Fsp3) is 0.130. The van der Waals surface area contributed by atoms with Crippen LogP contribution >= 0.6 is 0 Å². The lowest BCUT2D eigenvalue weighted by molar-refractivity contribution is -0.140. The predicted molar refractivity (Wildman–Crippen MR) is 109 cm³/mol. The van der Waals surface area contributed by atoms with Gasteiger partial charge in [-0.05, 0) is 47.5 Å².